The third-order valence-corrected chi connectivity index (χ3v) is 3.61. The van der Waals surface area contributed by atoms with Crippen LogP contribution in [0.2, 0.25) is 0 Å². The van der Waals surface area contributed by atoms with E-state index in [1.54, 1.807) is 18.9 Å². The van der Waals surface area contributed by atoms with E-state index in [-0.39, 0.29) is 0 Å². The van der Waals surface area contributed by atoms with Crippen LogP contribution < -0.4 is 5.73 Å². The molecule has 0 fully saturated rings. The zero-order valence-corrected chi connectivity index (χ0v) is 12.5. The van der Waals surface area contributed by atoms with Crippen LogP contribution in [-0.2, 0) is 14.2 Å². The van der Waals surface area contributed by atoms with Gasteiger partial charge in [-0.2, -0.15) is 0 Å². The molecule has 0 bridgehead atoms. The van der Waals surface area contributed by atoms with Crippen LogP contribution in [0.3, 0.4) is 0 Å². The molecule has 108 valence electrons. The van der Waals surface area contributed by atoms with Crippen molar-refractivity contribution in [1.29, 1.82) is 0 Å². The van der Waals surface area contributed by atoms with E-state index in [9.17, 15) is 0 Å². The van der Waals surface area contributed by atoms with E-state index in [1.165, 1.54) is 0 Å². The number of hydrogen-bond acceptors (Lipinski definition) is 5. The van der Waals surface area contributed by atoms with Crippen molar-refractivity contribution < 1.29 is 14.2 Å². The lowest BCUT2D eigenvalue weighted by molar-refractivity contribution is 0.0286. The second-order valence-electron chi connectivity index (χ2n) is 4.05. The van der Waals surface area contributed by atoms with Gasteiger partial charge >= 0.3 is 0 Å². The lowest BCUT2D eigenvalue weighted by Gasteiger charge is -2.08. The summed E-state index contributed by atoms with van der Waals surface area (Å²) in [6.07, 6.45) is 0. The van der Waals surface area contributed by atoms with Gasteiger partial charge in [-0.05, 0) is 18.6 Å². The Hall–Kier alpha value is -0.750. The van der Waals surface area contributed by atoms with Crippen LogP contribution >= 0.6 is 11.8 Å². The molecule has 0 heterocycles. The van der Waals surface area contributed by atoms with Crippen LogP contribution in [0, 0.1) is 6.92 Å². The Morgan fingerprint density at radius 3 is 2.47 bits per heavy atom. The molecule has 1 aromatic rings. The summed E-state index contributed by atoms with van der Waals surface area (Å²) >= 11 is 1.72. The number of aryl methyl sites for hydroxylation is 1. The smallest absolute Gasteiger partial charge is 0.0701 e. The number of nitrogens with two attached hydrogens (primary N) is 1. The number of ether oxygens (including phenoxy) is 3. The highest BCUT2D eigenvalue weighted by Gasteiger charge is 2.01. The van der Waals surface area contributed by atoms with Crippen LogP contribution in [0.1, 0.15) is 5.56 Å². The number of benzene rings is 1. The molecule has 5 heteroatoms. The molecular weight excluding hydrogens is 262 g/mol. The van der Waals surface area contributed by atoms with Gasteiger partial charge in [0.15, 0.2) is 0 Å². The van der Waals surface area contributed by atoms with Crippen LogP contribution in [0.4, 0.5) is 5.69 Å². The van der Waals surface area contributed by atoms with E-state index in [4.69, 9.17) is 19.9 Å². The minimum absolute atomic E-state index is 0.612. The first-order valence-corrected chi connectivity index (χ1v) is 7.36. The molecule has 2 N–H and O–H groups in total. The first-order chi connectivity index (χ1) is 9.25. The second-order valence-corrected chi connectivity index (χ2v) is 5.19. The van der Waals surface area contributed by atoms with Crippen molar-refractivity contribution in [3.8, 4) is 0 Å². The van der Waals surface area contributed by atoms with Crippen molar-refractivity contribution in [2.45, 2.75) is 11.8 Å². The summed E-state index contributed by atoms with van der Waals surface area (Å²) < 4.78 is 15.7. The molecule has 0 amide bonds. The van der Waals surface area contributed by atoms with Crippen molar-refractivity contribution in [1.82, 2.24) is 0 Å². The number of anilines is 1. The van der Waals surface area contributed by atoms with E-state index >= 15 is 0 Å². The Labute approximate surface area is 119 Å². The molecule has 0 spiro atoms. The van der Waals surface area contributed by atoms with Gasteiger partial charge in [-0.3, -0.25) is 0 Å². The van der Waals surface area contributed by atoms with Crippen molar-refractivity contribution in [3.63, 3.8) is 0 Å². The van der Waals surface area contributed by atoms with Crippen LogP contribution in [0.15, 0.2) is 23.1 Å². The third-order valence-electron chi connectivity index (χ3n) is 2.57. The largest absolute Gasteiger partial charge is 0.398 e. The van der Waals surface area contributed by atoms with Gasteiger partial charge in [-0.15, -0.1) is 11.8 Å². The summed E-state index contributed by atoms with van der Waals surface area (Å²) in [4.78, 5) is 1.12. The molecule has 1 aromatic carbocycles. The Morgan fingerprint density at radius 1 is 1.05 bits per heavy atom. The van der Waals surface area contributed by atoms with Gasteiger partial charge in [0.25, 0.3) is 0 Å². The van der Waals surface area contributed by atoms with E-state index in [2.05, 4.69) is 0 Å². The summed E-state index contributed by atoms with van der Waals surface area (Å²) in [6.45, 7) is 5.20. The molecule has 0 aromatic heterocycles. The van der Waals surface area contributed by atoms with Crippen LogP contribution in [0.5, 0.6) is 0 Å². The Morgan fingerprint density at radius 2 is 1.74 bits per heavy atom. The zero-order chi connectivity index (χ0) is 13.9. The van der Waals surface area contributed by atoms with Crippen molar-refractivity contribution in [2.24, 2.45) is 0 Å². The highest BCUT2D eigenvalue weighted by atomic mass is 32.2. The third kappa shape index (κ3) is 6.82. The molecule has 0 saturated carbocycles. The fourth-order valence-corrected chi connectivity index (χ4v) is 2.37. The average molecular weight is 285 g/mol. The minimum atomic E-state index is 0.612. The topological polar surface area (TPSA) is 53.7 Å². The monoisotopic (exact) mass is 285 g/mol. The second kappa shape index (κ2) is 10.1. The number of nitrogen functional groups attached to an aromatic ring is 1. The van der Waals surface area contributed by atoms with Gasteiger partial charge in [0, 0.05) is 23.4 Å². The first kappa shape index (κ1) is 16.3. The molecule has 0 saturated heterocycles. The molecule has 0 unspecified atom stereocenters. The molecule has 0 radical (unpaired) electrons. The average Bonchev–Trinajstić information content (AvgIpc) is 2.41. The lowest BCUT2D eigenvalue weighted by atomic mass is 10.2. The van der Waals surface area contributed by atoms with Crippen LogP contribution in [0.25, 0.3) is 0 Å². The van der Waals surface area contributed by atoms with E-state index in [0.717, 1.165) is 21.9 Å². The maximum Gasteiger partial charge on any atom is 0.0701 e. The normalized spacial score (nSPS) is 10.8. The minimum Gasteiger partial charge on any atom is -0.398 e. The number of methoxy groups -OCH3 is 1. The van der Waals surface area contributed by atoms with Gasteiger partial charge < -0.3 is 19.9 Å². The summed E-state index contributed by atoms with van der Waals surface area (Å²) in [6, 6.07) is 6.09. The highest BCUT2D eigenvalue weighted by Crippen LogP contribution is 2.26. The molecular formula is C14H23NO3S. The Bertz CT molecular complexity index is 361. The fraction of sp³-hybridized carbons (Fsp3) is 0.571. The standard InChI is InChI=1S/C14H23NO3S/c1-12-4-3-5-13(14(12)15)19-11-10-18-9-8-17-7-6-16-2/h3-5H,6-11,15H2,1-2H3. The van der Waals surface area contributed by atoms with Gasteiger partial charge in [0.2, 0.25) is 0 Å². The number of para-hydroxylation sites is 1. The number of thioether (sulfide) groups is 1. The van der Waals surface area contributed by atoms with E-state index in [1.807, 2.05) is 25.1 Å². The van der Waals surface area contributed by atoms with E-state index < -0.39 is 0 Å². The Balaban J connectivity index is 2.03. The first-order valence-electron chi connectivity index (χ1n) is 6.38. The summed E-state index contributed by atoms with van der Waals surface area (Å²) in [5.74, 6) is 0.895. The summed E-state index contributed by atoms with van der Waals surface area (Å²) in [5, 5.41) is 0. The predicted molar refractivity (Wildman–Crippen MR) is 79.8 cm³/mol. The maximum atomic E-state index is 6.00. The molecule has 0 aliphatic carbocycles. The van der Waals surface area contributed by atoms with Crippen molar-refractivity contribution in [3.05, 3.63) is 23.8 Å². The highest BCUT2D eigenvalue weighted by molar-refractivity contribution is 7.99. The van der Waals surface area contributed by atoms with Crippen LogP contribution in [-0.4, -0.2) is 45.9 Å². The maximum absolute atomic E-state index is 6.00. The quantitative estimate of drug-likeness (QED) is 0.406. The SMILES string of the molecule is COCCOCCOCCSc1cccc(C)c1N. The Kier molecular flexibility index (Phi) is 8.66. The van der Waals surface area contributed by atoms with Crippen molar-refractivity contribution in [2.75, 3.05) is 51.6 Å². The number of rotatable bonds is 10. The molecule has 0 aliphatic heterocycles. The molecule has 4 nitrogen and oxygen atoms in total. The van der Waals surface area contributed by atoms with E-state index in [0.29, 0.717) is 33.0 Å². The van der Waals surface area contributed by atoms with Gasteiger partial charge in [0.05, 0.1) is 33.0 Å². The van der Waals surface area contributed by atoms with Crippen molar-refractivity contribution >= 4 is 17.4 Å². The van der Waals surface area contributed by atoms with Gasteiger partial charge in [-0.25, -0.2) is 0 Å². The summed E-state index contributed by atoms with van der Waals surface area (Å²) in [5.41, 5.74) is 7.99. The predicted octanol–water partition coefficient (Wildman–Crippen LogP) is 2.35. The number of hydrogen-bond donors (Lipinski definition) is 1. The molecule has 19 heavy (non-hydrogen) atoms. The molecule has 0 aliphatic rings. The molecule has 1 rings (SSSR count). The fourth-order valence-electron chi connectivity index (χ4n) is 1.45. The molecule has 0 atom stereocenters. The van der Waals surface area contributed by atoms with Gasteiger partial charge in [0.1, 0.15) is 0 Å². The van der Waals surface area contributed by atoms with Gasteiger partial charge in [-0.1, -0.05) is 12.1 Å². The zero-order valence-electron chi connectivity index (χ0n) is 11.7. The lowest BCUT2D eigenvalue weighted by Crippen LogP contribution is -2.09. The summed E-state index contributed by atoms with van der Waals surface area (Å²) in [7, 11) is 1.66.